The van der Waals surface area contributed by atoms with Gasteiger partial charge in [0.25, 0.3) is 0 Å². The molecule has 118 valence electrons. The predicted molar refractivity (Wildman–Crippen MR) is 86.3 cm³/mol. The number of aromatic nitrogens is 1. The predicted octanol–water partition coefficient (Wildman–Crippen LogP) is 2.74. The minimum atomic E-state index is -3.39. The molecule has 1 aromatic heterocycles. The number of benzene rings is 1. The number of aryl methyl sites for hydroxylation is 1. The average molecular weight is 341 g/mol. The van der Waals surface area contributed by atoms with Crippen LogP contribution in [0.25, 0.3) is 0 Å². The van der Waals surface area contributed by atoms with Crippen LogP contribution >= 0.6 is 11.3 Å². The average Bonchev–Trinajstić information content (AvgIpc) is 3.03. The van der Waals surface area contributed by atoms with Crippen molar-refractivity contribution >= 4 is 32.7 Å². The molecule has 0 amide bonds. The van der Waals surface area contributed by atoms with Crippen LogP contribution in [0, 0.1) is 12.7 Å². The van der Waals surface area contributed by atoms with E-state index >= 15 is 0 Å². The van der Waals surface area contributed by atoms with Crippen LogP contribution < -0.4 is 9.62 Å². The molecule has 5 nitrogen and oxygen atoms in total. The van der Waals surface area contributed by atoms with Gasteiger partial charge in [0.05, 0.1) is 18.0 Å². The number of nitrogens with zero attached hydrogens (tertiary/aromatic N) is 2. The number of nitrogens with one attached hydrogen (secondary N) is 1. The summed E-state index contributed by atoms with van der Waals surface area (Å²) in [6.07, 6.45) is 0.526. The largest absolute Gasteiger partial charge is 0.378 e. The zero-order chi connectivity index (χ0) is 15.7. The van der Waals surface area contributed by atoms with Gasteiger partial charge in [-0.3, -0.25) is 4.31 Å². The van der Waals surface area contributed by atoms with Gasteiger partial charge in [-0.2, -0.15) is 0 Å². The third-order valence-corrected chi connectivity index (χ3v) is 6.25. The van der Waals surface area contributed by atoms with Gasteiger partial charge in [-0.25, -0.2) is 17.8 Å². The molecule has 1 aromatic carbocycles. The molecule has 0 spiro atoms. The summed E-state index contributed by atoms with van der Waals surface area (Å²) in [4.78, 5) is 4.34. The molecule has 0 aliphatic carbocycles. The van der Waals surface area contributed by atoms with Crippen molar-refractivity contribution in [3.05, 3.63) is 40.1 Å². The van der Waals surface area contributed by atoms with Crippen molar-refractivity contribution in [3.8, 4) is 0 Å². The zero-order valence-electron chi connectivity index (χ0n) is 12.0. The quantitative estimate of drug-likeness (QED) is 0.929. The molecule has 0 radical (unpaired) electrons. The molecule has 1 aliphatic heterocycles. The topological polar surface area (TPSA) is 62.3 Å². The lowest BCUT2D eigenvalue weighted by Crippen LogP contribution is -2.26. The molecular weight excluding hydrogens is 325 g/mol. The third-order valence-electron chi connectivity index (χ3n) is 3.42. The van der Waals surface area contributed by atoms with Crippen molar-refractivity contribution < 1.29 is 12.8 Å². The summed E-state index contributed by atoms with van der Waals surface area (Å²) in [6.45, 7) is 2.78. The fraction of sp³-hybridized carbons (Fsp3) is 0.357. The SMILES string of the molecule is Cc1csc(CNc2ccc(F)c(N3CCCS3(=O)=O)c2)n1. The van der Waals surface area contributed by atoms with E-state index in [9.17, 15) is 12.8 Å². The maximum absolute atomic E-state index is 14.0. The Bertz CT molecular complexity index is 789. The van der Waals surface area contributed by atoms with E-state index in [0.717, 1.165) is 15.0 Å². The number of hydrogen-bond donors (Lipinski definition) is 1. The molecule has 1 saturated heterocycles. The Labute approximate surface area is 132 Å². The second-order valence-electron chi connectivity index (χ2n) is 5.14. The molecule has 0 atom stereocenters. The maximum atomic E-state index is 14.0. The number of halogens is 1. The lowest BCUT2D eigenvalue weighted by atomic mass is 10.2. The van der Waals surface area contributed by atoms with E-state index in [1.807, 2.05) is 12.3 Å². The van der Waals surface area contributed by atoms with Crippen LogP contribution in [0.2, 0.25) is 0 Å². The lowest BCUT2D eigenvalue weighted by molar-refractivity contribution is 0.595. The first-order chi connectivity index (χ1) is 10.5. The Balaban J connectivity index is 1.81. The van der Waals surface area contributed by atoms with Crippen molar-refractivity contribution in [2.24, 2.45) is 0 Å². The molecule has 2 heterocycles. The fourth-order valence-corrected chi connectivity index (χ4v) is 4.66. The van der Waals surface area contributed by atoms with Crippen molar-refractivity contribution in [1.82, 2.24) is 4.98 Å². The first-order valence-electron chi connectivity index (χ1n) is 6.90. The normalized spacial score (nSPS) is 16.9. The van der Waals surface area contributed by atoms with E-state index < -0.39 is 15.8 Å². The van der Waals surface area contributed by atoms with Crippen molar-refractivity contribution in [3.63, 3.8) is 0 Å². The van der Waals surface area contributed by atoms with Crippen LogP contribution in [0.3, 0.4) is 0 Å². The van der Waals surface area contributed by atoms with Crippen LogP contribution in [0.5, 0.6) is 0 Å². The molecule has 0 saturated carbocycles. The van der Waals surface area contributed by atoms with Crippen molar-refractivity contribution in [1.29, 1.82) is 0 Å². The van der Waals surface area contributed by atoms with Gasteiger partial charge in [0, 0.05) is 23.3 Å². The lowest BCUT2D eigenvalue weighted by Gasteiger charge is -2.18. The highest BCUT2D eigenvalue weighted by atomic mass is 32.2. The molecule has 1 N–H and O–H groups in total. The summed E-state index contributed by atoms with van der Waals surface area (Å²) in [6, 6.07) is 4.43. The van der Waals surface area contributed by atoms with Gasteiger partial charge in [0.15, 0.2) is 0 Å². The first kappa shape index (κ1) is 15.2. The molecule has 0 bridgehead atoms. The Morgan fingerprint density at radius 1 is 1.45 bits per heavy atom. The number of hydrogen-bond acceptors (Lipinski definition) is 5. The highest BCUT2D eigenvalue weighted by Crippen LogP contribution is 2.29. The van der Waals surface area contributed by atoms with Crippen molar-refractivity contribution in [2.75, 3.05) is 21.9 Å². The van der Waals surface area contributed by atoms with Crippen LogP contribution in [0.1, 0.15) is 17.1 Å². The standard InChI is InChI=1S/C14H16FN3O2S2/c1-10-9-21-14(17-10)8-16-11-3-4-12(15)13(7-11)18-5-2-6-22(18,19)20/h3-4,7,9,16H,2,5-6,8H2,1H3. The third kappa shape index (κ3) is 3.07. The van der Waals surface area contributed by atoms with Crippen LogP contribution in [-0.2, 0) is 16.6 Å². The summed E-state index contributed by atoms with van der Waals surface area (Å²) < 4.78 is 39.0. The molecular formula is C14H16FN3O2S2. The monoisotopic (exact) mass is 341 g/mol. The minimum Gasteiger partial charge on any atom is -0.378 e. The summed E-state index contributed by atoms with van der Waals surface area (Å²) in [5.74, 6) is -0.455. The second-order valence-corrected chi connectivity index (χ2v) is 8.10. The summed E-state index contributed by atoms with van der Waals surface area (Å²) in [5.41, 5.74) is 1.74. The number of rotatable bonds is 4. The van der Waals surface area contributed by atoms with Gasteiger partial charge < -0.3 is 5.32 Å². The molecule has 1 fully saturated rings. The molecule has 1 aliphatic rings. The van der Waals surface area contributed by atoms with E-state index in [4.69, 9.17) is 0 Å². The Morgan fingerprint density at radius 3 is 2.91 bits per heavy atom. The molecule has 22 heavy (non-hydrogen) atoms. The van der Waals surface area contributed by atoms with Gasteiger partial charge in [-0.05, 0) is 31.5 Å². The fourth-order valence-electron chi connectivity index (χ4n) is 2.39. The number of anilines is 2. The van der Waals surface area contributed by atoms with E-state index in [1.54, 1.807) is 23.5 Å². The van der Waals surface area contributed by atoms with Gasteiger partial charge in [0.1, 0.15) is 10.8 Å². The van der Waals surface area contributed by atoms with E-state index in [1.165, 1.54) is 6.07 Å². The highest BCUT2D eigenvalue weighted by Gasteiger charge is 2.30. The minimum absolute atomic E-state index is 0.0719. The van der Waals surface area contributed by atoms with Crippen LogP contribution in [0.15, 0.2) is 23.6 Å². The van der Waals surface area contributed by atoms with E-state index in [2.05, 4.69) is 10.3 Å². The highest BCUT2D eigenvalue weighted by molar-refractivity contribution is 7.93. The number of sulfonamides is 1. The summed E-state index contributed by atoms with van der Waals surface area (Å²) in [7, 11) is -3.39. The van der Waals surface area contributed by atoms with Crippen LogP contribution in [-0.4, -0.2) is 25.7 Å². The van der Waals surface area contributed by atoms with Gasteiger partial charge in [-0.15, -0.1) is 11.3 Å². The van der Waals surface area contributed by atoms with E-state index in [0.29, 0.717) is 25.2 Å². The van der Waals surface area contributed by atoms with Gasteiger partial charge in [-0.1, -0.05) is 0 Å². The number of thiazole rings is 1. The molecule has 2 aromatic rings. The summed E-state index contributed by atoms with van der Waals surface area (Å²) in [5, 5.41) is 6.04. The Morgan fingerprint density at radius 2 is 2.27 bits per heavy atom. The Hall–Kier alpha value is -1.67. The van der Waals surface area contributed by atoms with Crippen molar-refractivity contribution in [2.45, 2.75) is 19.9 Å². The summed E-state index contributed by atoms with van der Waals surface area (Å²) >= 11 is 1.55. The first-order valence-corrected chi connectivity index (χ1v) is 9.39. The van der Waals surface area contributed by atoms with Crippen LogP contribution in [0.4, 0.5) is 15.8 Å². The molecule has 8 heteroatoms. The Kier molecular flexibility index (Phi) is 4.05. The maximum Gasteiger partial charge on any atom is 0.235 e. The molecule has 0 unspecified atom stereocenters. The van der Waals surface area contributed by atoms with Gasteiger partial charge in [0.2, 0.25) is 10.0 Å². The molecule has 3 rings (SSSR count). The second kappa shape index (κ2) is 5.85. The zero-order valence-corrected chi connectivity index (χ0v) is 13.7. The van der Waals surface area contributed by atoms with Gasteiger partial charge >= 0.3 is 0 Å². The smallest absolute Gasteiger partial charge is 0.235 e. The van der Waals surface area contributed by atoms with E-state index in [-0.39, 0.29) is 11.4 Å².